The molecule has 0 aliphatic carbocycles. The Morgan fingerprint density at radius 1 is 1.00 bits per heavy atom. The molecule has 2 aromatic carbocycles. The van der Waals surface area contributed by atoms with Gasteiger partial charge in [0, 0.05) is 30.8 Å². The second kappa shape index (κ2) is 8.63. The maximum Gasteiger partial charge on any atom is 0.328 e. The average molecular weight is 468 g/mol. The highest BCUT2D eigenvalue weighted by molar-refractivity contribution is 6.30. The van der Waals surface area contributed by atoms with E-state index in [1.807, 2.05) is 12.1 Å². The van der Waals surface area contributed by atoms with E-state index in [0.29, 0.717) is 10.9 Å². The lowest BCUT2D eigenvalue weighted by molar-refractivity contribution is -0.139. The average Bonchev–Trinajstić information content (AvgIpc) is 3.21. The van der Waals surface area contributed by atoms with Crippen LogP contribution in [-0.2, 0) is 17.8 Å². The zero-order valence-corrected chi connectivity index (χ0v) is 20.0. The summed E-state index contributed by atoms with van der Waals surface area (Å²) in [4.78, 5) is 34.4. The maximum absolute atomic E-state index is 13.7. The summed E-state index contributed by atoms with van der Waals surface area (Å²) in [5.41, 5.74) is 3.30. The fourth-order valence-corrected chi connectivity index (χ4v) is 5.39. The number of aryl methyl sites for hydroxylation is 1. The molecule has 3 saturated heterocycles. The van der Waals surface area contributed by atoms with Crippen molar-refractivity contribution < 1.29 is 9.59 Å². The number of nitrogens with one attached hydrogen (secondary N) is 1. The molecular weight excluding hydrogens is 438 g/mol. The van der Waals surface area contributed by atoms with E-state index in [1.54, 1.807) is 24.1 Å². The van der Waals surface area contributed by atoms with Gasteiger partial charge in [0.1, 0.15) is 18.5 Å². The maximum atomic E-state index is 13.7. The predicted octanol–water partition coefficient (Wildman–Crippen LogP) is 3.34. The lowest BCUT2D eigenvalue weighted by Gasteiger charge is -2.46. The molecule has 0 aromatic heterocycles. The van der Waals surface area contributed by atoms with Gasteiger partial charge in [0.25, 0.3) is 5.91 Å². The van der Waals surface area contributed by atoms with Crippen LogP contribution in [0.15, 0.2) is 48.5 Å². The molecule has 7 nitrogen and oxygen atoms in total. The molecule has 4 unspecified atom stereocenters. The summed E-state index contributed by atoms with van der Waals surface area (Å²) >= 11 is 6.00. The monoisotopic (exact) mass is 467 g/mol. The van der Waals surface area contributed by atoms with E-state index in [-0.39, 0.29) is 30.9 Å². The Balaban J connectivity index is 1.43. The molecule has 3 amide bonds. The highest BCUT2D eigenvalue weighted by Crippen LogP contribution is 2.35. The van der Waals surface area contributed by atoms with Gasteiger partial charge in [0.15, 0.2) is 0 Å². The molecule has 0 saturated carbocycles. The van der Waals surface area contributed by atoms with Crippen LogP contribution in [0.1, 0.15) is 25.0 Å². The van der Waals surface area contributed by atoms with Crippen molar-refractivity contribution in [2.75, 3.05) is 25.0 Å². The van der Waals surface area contributed by atoms with Crippen LogP contribution >= 0.6 is 11.6 Å². The number of imide groups is 1. The summed E-state index contributed by atoms with van der Waals surface area (Å²) in [6, 6.07) is 15.2. The number of anilines is 1. The van der Waals surface area contributed by atoms with Crippen LogP contribution in [0.25, 0.3) is 0 Å². The minimum absolute atomic E-state index is 0.140. The lowest BCUT2D eigenvalue weighted by atomic mass is 10.0. The first kappa shape index (κ1) is 22.2. The van der Waals surface area contributed by atoms with Gasteiger partial charge >= 0.3 is 6.03 Å². The van der Waals surface area contributed by atoms with Crippen molar-refractivity contribution >= 4 is 29.2 Å². The molecule has 3 aliphatic rings. The summed E-state index contributed by atoms with van der Waals surface area (Å²) < 4.78 is 0. The Morgan fingerprint density at radius 3 is 2.33 bits per heavy atom. The van der Waals surface area contributed by atoms with Crippen LogP contribution < -0.4 is 10.2 Å². The molecule has 2 aromatic rings. The first-order valence-corrected chi connectivity index (χ1v) is 11.9. The molecule has 0 bridgehead atoms. The van der Waals surface area contributed by atoms with Crippen molar-refractivity contribution in [2.24, 2.45) is 5.92 Å². The fraction of sp³-hybridized carbons (Fsp3) is 0.440. The predicted molar refractivity (Wildman–Crippen MR) is 129 cm³/mol. The number of rotatable bonds is 4. The molecule has 4 atom stereocenters. The third-order valence-electron chi connectivity index (χ3n) is 7.02. The van der Waals surface area contributed by atoms with Crippen LogP contribution in [0, 0.1) is 5.92 Å². The van der Waals surface area contributed by atoms with E-state index in [9.17, 15) is 9.59 Å². The van der Waals surface area contributed by atoms with Crippen LogP contribution in [0.4, 0.5) is 10.5 Å². The summed E-state index contributed by atoms with van der Waals surface area (Å²) in [6.45, 7) is 6.28. The molecular formula is C25H30ClN5O2. The van der Waals surface area contributed by atoms with E-state index < -0.39 is 6.04 Å². The van der Waals surface area contributed by atoms with E-state index in [0.717, 1.165) is 30.8 Å². The molecule has 1 N–H and O–H groups in total. The van der Waals surface area contributed by atoms with Crippen molar-refractivity contribution in [1.29, 1.82) is 0 Å². The Bertz CT molecular complexity index is 1040. The highest BCUT2D eigenvalue weighted by Gasteiger charge is 2.56. The van der Waals surface area contributed by atoms with E-state index in [4.69, 9.17) is 11.6 Å². The number of carbonyl (C=O) groups is 2. The van der Waals surface area contributed by atoms with Crippen LogP contribution in [0.5, 0.6) is 0 Å². The molecule has 0 spiro atoms. The topological polar surface area (TPSA) is 59.1 Å². The van der Waals surface area contributed by atoms with Gasteiger partial charge in [-0.3, -0.25) is 19.9 Å². The number of hydrogen-bond donors (Lipinski definition) is 1. The molecule has 3 fully saturated rings. The Labute approximate surface area is 199 Å². The van der Waals surface area contributed by atoms with Gasteiger partial charge in [-0.15, -0.1) is 0 Å². The number of likely N-dealkylation sites (N-methyl/N-ethyl adjacent to an activating group) is 1. The van der Waals surface area contributed by atoms with E-state index in [2.05, 4.69) is 53.2 Å². The van der Waals surface area contributed by atoms with Crippen LogP contribution in [0.3, 0.4) is 0 Å². The van der Waals surface area contributed by atoms with E-state index in [1.165, 1.54) is 10.5 Å². The standard InChI is InChI=1S/C25H30ClN5O2/c1-4-17-7-11-20(12-8-17)29-13-16(2)14-30-21-22(27-24(29)30)28(3)25(33)31(23(21)32)15-18-5-9-19(26)10-6-18/h5-12,16,21-22,24,27H,4,13-15H2,1-3H3. The van der Waals surface area contributed by atoms with Crippen LogP contribution in [0.2, 0.25) is 5.02 Å². The number of benzene rings is 2. The number of fused-ring (bicyclic) bond motifs is 3. The number of carbonyl (C=O) groups excluding carboxylic acids is 2. The quantitative estimate of drug-likeness (QED) is 0.747. The number of nitrogens with zero attached hydrogens (tertiary/aromatic N) is 4. The normalized spacial score (nSPS) is 27.7. The molecule has 3 heterocycles. The number of urea groups is 1. The first-order valence-electron chi connectivity index (χ1n) is 11.6. The minimum Gasteiger partial charge on any atom is -0.343 e. The lowest BCUT2D eigenvalue weighted by Crippen LogP contribution is -2.66. The van der Waals surface area contributed by atoms with Gasteiger partial charge in [0.2, 0.25) is 0 Å². The van der Waals surface area contributed by atoms with Gasteiger partial charge < -0.3 is 9.80 Å². The van der Waals surface area contributed by atoms with Crippen molar-refractivity contribution in [2.45, 2.75) is 45.3 Å². The number of amides is 3. The summed E-state index contributed by atoms with van der Waals surface area (Å²) in [6.07, 6.45) is 0.497. The molecule has 5 rings (SSSR count). The Morgan fingerprint density at radius 2 is 1.67 bits per heavy atom. The Hall–Kier alpha value is -2.61. The molecule has 0 radical (unpaired) electrons. The third kappa shape index (κ3) is 3.88. The Kier molecular flexibility index (Phi) is 5.80. The van der Waals surface area contributed by atoms with Crippen molar-refractivity contribution in [3.63, 3.8) is 0 Å². The van der Waals surface area contributed by atoms with Gasteiger partial charge in [-0.1, -0.05) is 49.7 Å². The van der Waals surface area contributed by atoms with Crippen LogP contribution in [-0.4, -0.2) is 65.3 Å². The SMILES string of the molecule is CCc1ccc(N2CC(C)CN3C4C(=O)N(Cc5ccc(Cl)cc5)C(=O)N(C)C4NC23)cc1. The highest BCUT2D eigenvalue weighted by atomic mass is 35.5. The molecule has 33 heavy (non-hydrogen) atoms. The van der Waals surface area contributed by atoms with Crippen molar-refractivity contribution in [1.82, 2.24) is 20.0 Å². The van der Waals surface area contributed by atoms with Gasteiger partial charge in [-0.25, -0.2) is 4.79 Å². The van der Waals surface area contributed by atoms with Crippen molar-refractivity contribution in [3.05, 3.63) is 64.7 Å². The fourth-order valence-electron chi connectivity index (χ4n) is 5.26. The summed E-state index contributed by atoms with van der Waals surface area (Å²) in [5, 5.41) is 4.22. The second-order valence-corrected chi connectivity index (χ2v) is 9.79. The number of halogens is 1. The molecule has 3 aliphatic heterocycles. The van der Waals surface area contributed by atoms with Gasteiger partial charge in [-0.05, 0) is 47.7 Å². The molecule has 174 valence electrons. The zero-order valence-electron chi connectivity index (χ0n) is 19.2. The second-order valence-electron chi connectivity index (χ2n) is 9.35. The zero-order chi connectivity index (χ0) is 23.3. The van der Waals surface area contributed by atoms with Crippen molar-refractivity contribution in [3.8, 4) is 0 Å². The summed E-state index contributed by atoms with van der Waals surface area (Å²) in [7, 11) is 1.77. The van der Waals surface area contributed by atoms with Gasteiger partial charge in [-0.2, -0.15) is 0 Å². The first-order chi connectivity index (χ1) is 15.9. The largest absolute Gasteiger partial charge is 0.343 e. The third-order valence-corrected chi connectivity index (χ3v) is 7.27. The number of hydrogen-bond acceptors (Lipinski definition) is 5. The summed E-state index contributed by atoms with van der Waals surface area (Å²) in [5.74, 6) is 0.233. The molecule has 8 heteroatoms. The smallest absolute Gasteiger partial charge is 0.328 e. The minimum atomic E-state index is -0.426. The van der Waals surface area contributed by atoms with Gasteiger partial charge in [0.05, 0.1) is 6.54 Å². The van der Waals surface area contributed by atoms with E-state index >= 15 is 0 Å².